The van der Waals surface area contributed by atoms with Gasteiger partial charge in [0.2, 0.25) is 0 Å². The van der Waals surface area contributed by atoms with Gasteiger partial charge in [-0.15, -0.1) is 23.3 Å². The number of imidazole rings is 1. The van der Waals surface area contributed by atoms with Gasteiger partial charge in [0.25, 0.3) is 0 Å². The Morgan fingerprint density at radius 2 is 2.17 bits per heavy atom. The van der Waals surface area contributed by atoms with Crippen LogP contribution in [0.1, 0.15) is 25.2 Å². The van der Waals surface area contributed by atoms with E-state index in [1.165, 1.54) is 6.42 Å². The van der Waals surface area contributed by atoms with E-state index in [2.05, 4.69) is 67.5 Å². The monoisotopic (exact) mass is 345 g/mol. The maximum atomic E-state index is 4.63. The summed E-state index contributed by atoms with van der Waals surface area (Å²) in [6.07, 6.45) is 1.17. The summed E-state index contributed by atoms with van der Waals surface area (Å²) < 4.78 is 1.09. The van der Waals surface area contributed by atoms with E-state index in [4.69, 9.17) is 0 Å². The molecule has 1 aliphatic heterocycles. The van der Waals surface area contributed by atoms with Crippen molar-refractivity contribution in [2.75, 3.05) is 6.54 Å². The van der Waals surface area contributed by atoms with Gasteiger partial charge in [0.05, 0.1) is 17.1 Å². The largest absolute Gasteiger partial charge is 0.341 e. The molecule has 2 atom stereocenters. The number of benzene rings is 1. The standard InChI is InChI=1S/C12H14BrN3.H2S2/c1-7-4-11(14-6-7)12-15-9-3-2-8(13)5-10(9)16-12;1-2/h2-3,5,7,11,14H,4,6H2,1H3,(H,15,16);1-2H. The molecule has 3 nitrogen and oxygen atoms in total. The minimum atomic E-state index is 0.390. The summed E-state index contributed by atoms with van der Waals surface area (Å²) in [5.41, 5.74) is 2.14. The van der Waals surface area contributed by atoms with Crippen molar-refractivity contribution >= 4 is 50.3 Å². The second-order valence-electron chi connectivity index (χ2n) is 4.59. The molecule has 0 bridgehead atoms. The van der Waals surface area contributed by atoms with E-state index in [1.807, 2.05) is 12.1 Å². The van der Waals surface area contributed by atoms with Gasteiger partial charge in [0, 0.05) is 4.47 Å². The summed E-state index contributed by atoms with van der Waals surface area (Å²) in [5, 5.41) is 3.49. The maximum absolute atomic E-state index is 4.63. The van der Waals surface area contributed by atoms with Gasteiger partial charge in [0.1, 0.15) is 5.82 Å². The van der Waals surface area contributed by atoms with E-state index in [0.29, 0.717) is 6.04 Å². The van der Waals surface area contributed by atoms with Crippen LogP contribution in [0.25, 0.3) is 11.0 Å². The summed E-state index contributed by atoms with van der Waals surface area (Å²) in [6, 6.07) is 6.53. The Bertz CT molecular complexity index is 529. The third-order valence-electron chi connectivity index (χ3n) is 3.14. The molecule has 0 aliphatic carbocycles. The Hall–Kier alpha value is -0.170. The smallest absolute Gasteiger partial charge is 0.124 e. The highest BCUT2D eigenvalue weighted by Gasteiger charge is 2.24. The van der Waals surface area contributed by atoms with E-state index < -0.39 is 0 Å². The molecule has 2 unspecified atom stereocenters. The van der Waals surface area contributed by atoms with Gasteiger partial charge < -0.3 is 10.3 Å². The lowest BCUT2D eigenvalue weighted by molar-refractivity contribution is 0.589. The number of nitrogens with zero attached hydrogens (tertiary/aromatic N) is 1. The third kappa shape index (κ3) is 3.04. The van der Waals surface area contributed by atoms with E-state index in [0.717, 1.165) is 33.8 Å². The van der Waals surface area contributed by atoms with Crippen molar-refractivity contribution in [3.05, 3.63) is 28.5 Å². The van der Waals surface area contributed by atoms with Crippen molar-refractivity contribution in [1.29, 1.82) is 0 Å². The average Bonchev–Trinajstić information content (AvgIpc) is 2.97. The number of nitrogens with one attached hydrogen (secondary N) is 2. The van der Waals surface area contributed by atoms with E-state index in [9.17, 15) is 0 Å². The second-order valence-corrected chi connectivity index (χ2v) is 5.50. The highest BCUT2D eigenvalue weighted by molar-refractivity contribution is 9.10. The van der Waals surface area contributed by atoms with Crippen LogP contribution in [0.15, 0.2) is 22.7 Å². The van der Waals surface area contributed by atoms with Crippen LogP contribution >= 0.6 is 39.3 Å². The SMILES string of the molecule is CC1CNC(c2nc3ccc(Br)cc3[nH]2)C1.SS. The first-order valence-electron chi connectivity index (χ1n) is 5.81. The fraction of sp³-hybridized carbons (Fsp3) is 0.417. The van der Waals surface area contributed by atoms with Crippen LogP contribution in [0.5, 0.6) is 0 Å². The molecular formula is C12H16BrN3S2. The lowest BCUT2D eigenvalue weighted by atomic mass is 10.1. The second kappa shape index (κ2) is 6.32. The number of thiol groups is 2. The van der Waals surface area contributed by atoms with Gasteiger partial charge in [-0.05, 0) is 37.1 Å². The molecule has 6 heteroatoms. The number of fused-ring (bicyclic) bond motifs is 1. The summed E-state index contributed by atoms with van der Waals surface area (Å²) in [5.74, 6) is 1.81. The highest BCUT2D eigenvalue weighted by Crippen LogP contribution is 2.27. The first-order chi connectivity index (χ1) is 8.72. The van der Waals surface area contributed by atoms with Crippen LogP contribution in [-0.2, 0) is 0 Å². The molecule has 3 rings (SSSR count). The zero-order chi connectivity index (χ0) is 13.1. The summed E-state index contributed by atoms with van der Waals surface area (Å²) in [7, 11) is 0. The van der Waals surface area contributed by atoms with Crippen LogP contribution in [0.4, 0.5) is 0 Å². The lowest BCUT2D eigenvalue weighted by Gasteiger charge is -2.04. The van der Waals surface area contributed by atoms with E-state index in [1.54, 1.807) is 0 Å². The minimum absolute atomic E-state index is 0.390. The van der Waals surface area contributed by atoms with Gasteiger partial charge >= 0.3 is 0 Å². The molecular weight excluding hydrogens is 330 g/mol. The molecule has 0 amide bonds. The molecule has 1 fully saturated rings. The van der Waals surface area contributed by atoms with Crippen molar-refractivity contribution < 1.29 is 0 Å². The first kappa shape index (κ1) is 14.2. The first-order valence-corrected chi connectivity index (χ1v) is 8.20. The van der Waals surface area contributed by atoms with E-state index >= 15 is 0 Å². The van der Waals surface area contributed by atoms with Crippen molar-refractivity contribution in [1.82, 2.24) is 15.3 Å². The molecule has 1 saturated heterocycles. The lowest BCUT2D eigenvalue weighted by Crippen LogP contribution is -2.14. The summed E-state index contributed by atoms with van der Waals surface area (Å²) in [4.78, 5) is 8.03. The average molecular weight is 346 g/mol. The van der Waals surface area contributed by atoms with Crippen molar-refractivity contribution in [3.63, 3.8) is 0 Å². The van der Waals surface area contributed by atoms with Gasteiger partial charge in [-0.1, -0.05) is 22.9 Å². The number of halogens is 1. The molecule has 0 saturated carbocycles. The molecule has 98 valence electrons. The van der Waals surface area contributed by atoms with Crippen LogP contribution in [-0.4, -0.2) is 16.5 Å². The summed E-state index contributed by atoms with van der Waals surface area (Å²) >= 11 is 9.92. The number of rotatable bonds is 1. The molecule has 0 spiro atoms. The Balaban J connectivity index is 0.000000574. The number of aromatic amines is 1. The van der Waals surface area contributed by atoms with E-state index in [-0.39, 0.29) is 0 Å². The highest BCUT2D eigenvalue weighted by atomic mass is 79.9. The number of aromatic nitrogens is 2. The normalized spacial score (nSPS) is 22.9. The van der Waals surface area contributed by atoms with Crippen LogP contribution in [0.2, 0.25) is 0 Å². The zero-order valence-corrected chi connectivity index (χ0v) is 13.4. The quantitative estimate of drug-likeness (QED) is 0.469. The number of hydrogen-bond donors (Lipinski definition) is 4. The Morgan fingerprint density at radius 3 is 2.83 bits per heavy atom. The molecule has 2 N–H and O–H groups in total. The molecule has 1 aromatic heterocycles. The predicted molar refractivity (Wildman–Crippen MR) is 86.3 cm³/mol. The third-order valence-corrected chi connectivity index (χ3v) is 3.64. The van der Waals surface area contributed by atoms with Gasteiger partial charge in [0.15, 0.2) is 0 Å². The summed E-state index contributed by atoms with van der Waals surface area (Å²) in [6.45, 7) is 3.36. The molecule has 2 heterocycles. The Morgan fingerprint density at radius 1 is 1.39 bits per heavy atom. The van der Waals surface area contributed by atoms with Gasteiger partial charge in [-0.3, -0.25) is 0 Å². The molecule has 2 aromatic rings. The molecule has 18 heavy (non-hydrogen) atoms. The van der Waals surface area contributed by atoms with Crippen LogP contribution in [0.3, 0.4) is 0 Å². The van der Waals surface area contributed by atoms with Crippen molar-refractivity contribution in [2.24, 2.45) is 5.92 Å². The fourth-order valence-corrected chi connectivity index (χ4v) is 2.65. The molecule has 1 aromatic carbocycles. The van der Waals surface area contributed by atoms with Gasteiger partial charge in [-0.2, -0.15) is 0 Å². The van der Waals surface area contributed by atoms with Gasteiger partial charge in [-0.25, -0.2) is 4.98 Å². The molecule has 1 aliphatic rings. The maximum Gasteiger partial charge on any atom is 0.124 e. The van der Waals surface area contributed by atoms with Crippen LogP contribution in [0, 0.1) is 5.92 Å². The Kier molecular flexibility index (Phi) is 5.00. The number of H-pyrrole nitrogens is 1. The van der Waals surface area contributed by atoms with Crippen LogP contribution < -0.4 is 5.32 Å². The fourth-order valence-electron chi connectivity index (χ4n) is 2.29. The Labute approximate surface area is 125 Å². The van der Waals surface area contributed by atoms with Crippen molar-refractivity contribution in [2.45, 2.75) is 19.4 Å². The topological polar surface area (TPSA) is 40.7 Å². The van der Waals surface area contributed by atoms with Crippen molar-refractivity contribution in [3.8, 4) is 0 Å². The zero-order valence-electron chi connectivity index (χ0n) is 10.0. The molecule has 0 radical (unpaired) electrons. The predicted octanol–water partition coefficient (Wildman–Crippen LogP) is 3.76. The minimum Gasteiger partial charge on any atom is -0.341 e. The number of hydrogen-bond acceptors (Lipinski definition) is 4.